The van der Waals surface area contributed by atoms with Crippen molar-refractivity contribution in [2.45, 2.75) is 72.1 Å². The van der Waals surface area contributed by atoms with E-state index in [0.29, 0.717) is 17.5 Å². The van der Waals surface area contributed by atoms with Gasteiger partial charge in [-0.25, -0.2) is 9.59 Å². The molecule has 2 rings (SSSR count). The third kappa shape index (κ3) is 8.26. The van der Waals surface area contributed by atoms with Crippen LogP contribution in [0.5, 0.6) is 0 Å². The van der Waals surface area contributed by atoms with Gasteiger partial charge in [-0.05, 0) is 52.1 Å². The van der Waals surface area contributed by atoms with Crippen molar-refractivity contribution in [2.24, 2.45) is 5.92 Å². The molecule has 2 aromatic carbocycles. The van der Waals surface area contributed by atoms with E-state index in [1.165, 1.54) is 0 Å². The van der Waals surface area contributed by atoms with Crippen molar-refractivity contribution in [1.82, 2.24) is 0 Å². The van der Waals surface area contributed by atoms with Gasteiger partial charge in [0.05, 0.1) is 11.1 Å². The molecular weight excluding hydrogens is 432 g/mol. The quantitative estimate of drug-likeness (QED) is 0.294. The van der Waals surface area contributed by atoms with E-state index in [9.17, 15) is 9.59 Å². The van der Waals surface area contributed by atoms with Gasteiger partial charge in [-0.2, -0.15) is 0 Å². The summed E-state index contributed by atoms with van der Waals surface area (Å²) < 4.78 is 0. The Morgan fingerprint density at radius 3 is 1.35 bits per heavy atom. The Morgan fingerprint density at radius 2 is 1.06 bits per heavy atom. The normalized spacial score (nSPS) is 13.0. The van der Waals surface area contributed by atoms with Crippen LogP contribution in [0.1, 0.15) is 93.2 Å². The van der Waals surface area contributed by atoms with Crippen LogP contribution in [0.4, 0.5) is 0 Å². The molecule has 0 aliphatic carbocycles. The van der Waals surface area contributed by atoms with Gasteiger partial charge in [0.1, 0.15) is 0 Å². The molecule has 2 aromatic rings. The highest BCUT2D eigenvalue weighted by Crippen LogP contribution is 2.25. The molecule has 0 heterocycles. The summed E-state index contributed by atoms with van der Waals surface area (Å²) in [6.07, 6.45) is 0.673. The van der Waals surface area contributed by atoms with Gasteiger partial charge in [0.25, 0.3) is 0 Å². The van der Waals surface area contributed by atoms with Crippen LogP contribution in [-0.4, -0.2) is 11.9 Å². The Balaban J connectivity index is 1.98. The van der Waals surface area contributed by atoms with Crippen molar-refractivity contribution in [2.75, 3.05) is 0 Å². The van der Waals surface area contributed by atoms with E-state index in [-0.39, 0.29) is 29.5 Å². The monoisotopic (exact) mass is 468 g/mol. The Bertz CT molecular complexity index is 859. The fourth-order valence-corrected chi connectivity index (χ4v) is 2.95. The molecular formula is C28H36O6. The molecule has 1 unspecified atom stereocenters. The third-order valence-corrected chi connectivity index (χ3v) is 5.40. The zero-order chi connectivity index (χ0) is 25.5. The second-order valence-corrected chi connectivity index (χ2v) is 10.5. The second kappa shape index (κ2) is 11.6. The topological polar surface area (TPSA) is 71.1 Å². The molecule has 0 aromatic heterocycles. The maximum Gasteiger partial charge on any atom is 0.373 e. The Labute approximate surface area is 203 Å². The maximum absolute atomic E-state index is 12.4. The molecule has 0 aliphatic heterocycles. The Morgan fingerprint density at radius 1 is 0.706 bits per heavy atom. The van der Waals surface area contributed by atoms with Crippen molar-refractivity contribution in [3.05, 3.63) is 84.0 Å². The van der Waals surface area contributed by atoms with Gasteiger partial charge in [0.2, 0.25) is 0 Å². The second-order valence-electron chi connectivity index (χ2n) is 10.5. The van der Waals surface area contributed by atoms with E-state index in [1.807, 2.05) is 31.2 Å². The third-order valence-electron chi connectivity index (χ3n) is 5.40. The smallest absolute Gasteiger partial charge is 0.289 e. The molecule has 1 atom stereocenters. The molecule has 0 amide bonds. The van der Waals surface area contributed by atoms with E-state index in [1.54, 1.807) is 24.3 Å². The van der Waals surface area contributed by atoms with E-state index in [0.717, 1.165) is 11.1 Å². The van der Waals surface area contributed by atoms with Crippen molar-refractivity contribution < 1.29 is 29.1 Å². The lowest BCUT2D eigenvalue weighted by atomic mass is 9.87. The molecule has 6 nitrogen and oxygen atoms in total. The highest BCUT2D eigenvalue weighted by Gasteiger charge is 2.24. The lowest BCUT2D eigenvalue weighted by molar-refractivity contribution is -0.365. The number of benzene rings is 2. The predicted molar refractivity (Wildman–Crippen MR) is 130 cm³/mol. The van der Waals surface area contributed by atoms with Gasteiger partial charge in [-0.1, -0.05) is 86.1 Å². The Hall–Kier alpha value is -2.70. The molecule has 0 aliphatic rings. The number of carbonyl (C=O) groups excluding carboxylic acids is 2. The predicted octanol–water partition coefficient (Wildman–Crippen LogP) is 6.90. The van der Waals surface area contributed by atoms with E-state index < -0.39 is 11.9 Å². The van der Waals surface area contributed by atoms with Gasteiger partial charge in [0, 0.05) is 6.42 Å². The summed E-state index contributed by atoms with van der Waals surface area (Å²) in [5.41, 5.74) is 2.77. The fourth-order valence-electron chi connectivity index (χ4n) is 2.95. The molecule has 0 saturated heterocycles. The zero-order valence-corrected chi connectivity index (χ0v) is 21.3. The molecule has 0 N–H and O–H groups in total. The van der Waals surface area contributed by atoms with Crippen LogP contribution >= 0.6 is 0 Å². The fraction of sp³-hybridized carbons (Fsp3) is 0.429. The van der Waals surface area contributed by atoms with Crippen LogP contribution in [0.2, 0.25) is 0 Å². The first-order valence-corrected chi connectivity index (χ1v) is 11.4. The highest BCUT2D eigenvalue weighted by molar-refractivity contribution is 5.89. The minimum Gasteiger partial charge on any atom is -0.289 e. The molecule has 0 bridgehead atoms. The minimum atomic E-state index is -0.687. The van der Waals surface area contributed by atoms with Crippen LogP contribution in [0.25, 0.3) is 0 Å². The molecule has 34 heavy (non-hydrogen) atoms. The van der Waals surface area contributed by atoms with Crippen LogP contribution in [-0.2, 0) is 30.4 Å². The summed E-state index contributed by atoms with van der Waals surface area (Å²) in [7, 11) is 0. The molecule has 184 valence electrons. The van der Waals surface area contributed by atoms with Gasteiger partial charge >= 0.3 is 18.2 Å². The number of hydrogen-bond donors (Lipinski definition) is 0. The van der Waals surface area contributed by atoms with E-state index in [4.69, 9.17) is 19.6 Å². The van der Waals surface area contributed by atoms with Crippen molar-refractivity contribution in [1.29, 1.82) is 0 Å². The summed E-state index contributed by atoms with van der Waals surface area (Å²) in [5.74, 6) is -1.33. The average molecular weight is 469 g/mol. The molecule has 6 heteroatoms. The largest absolute Gasteiger partial charge is 0.373 e. The van der Waals surface area contributed by atoms with Crippen LogP contribution in [0, 0.1) is 19.1 Å². The molecule has 0 fully saturated rings. The summed E-state index contributed by atoms with van der Waals surface area (Å²) in [6, 6.07) is 14.2. The molecule has 2 radical (unpaired) electrons. The van der Waals surface area contributed by atoms with Crippen molar-refractivity contribution in [3.63, 3.8) is 0 Å². The van der Waals surface area contributed by atoms with E-state index >= 15 is 0 Å². The first-order chi connectivity index (χ1) is 15.8. The van der Waals surface area contributed by atoms with Crippen molar-refractivity contribution in [3.8, 4) is 0 Å². The lowest BCUT2D eigenvalue weighted by Crippen LogP contribution is -2.18. The van der Waals surface area contributed by atoms with Crippen LogP contribution < -0.4 is 0 Å². The first-order valence-electron chi connectivity index (χ1n) is 11.4. The highest BCUT2D eigenvalue weighted by atomic mass is 17.3. The lowest BCUT2D eigenvalue weighted by Gasteiger charge is -2.19. The van der Waals surface area contributed by atoms with Gasteiger partial charge < -0.3 is 0 Å². The van der Waals surface area contributed by atoms with Crippen LogP contribution in [0.3, 0.4) is 0 Å². The first kappa shape index (κ1) is 27.5. The van der Waals surface area contributed by atoms with Gasteiger partial charge in [-0.3, -0.25) is 9.78 Å². The molecule has 0 saturated carbocycles. The average Bonchev–Trinajstić information content (AvgIpc) is 2.79. The van der Waals surface area contributed by atoms with Gasteiger partial charge in [0.15, 0.2) is 0 Å². The number of carbonyl (C=O) groups is 2. The van der Waals surface area contributed by atoms with Crippen LogP contribution in [0.15, 0.2) is 48.5 Å². The number of rotatable bonds is 9. The van der Waals surface area contributed by atoms with Gasteiger partial charge in [-0.15, -0.1) is 9.78 Å². The maximum atomic E-state index is 12.4. The summed E-state index contributed by atoms with van der Waals surface area (Å²) >= 11 is 0. The SMILES string of the molecule is [CH2]CC(C)C[C](OOC(=O)c1ccc(C(C)(C)C)cc1)OOC(=O)c1ccc(C(C)(C)C)cc1. The minimum absolute atomic E-state index is 0.0327. The zero-order valence-electron chi connectivity index (χ0n) is 21.3. The standard InChI is InChI=1S/C28H36O6/c1-9-19(2)18-24(31-33-25(29)20-10-14-22(15-11-20)27(3,4)5)32-34-26(30)21-12-16-23(17-13-21)28(6,7)8/h10-17,19H,1,9,18H2,2-8H3. The summed E-state index contributed by atoms with van der Waals surface area (Å²) in [5, 5.41) is 0. The summed E-state index contributed by atoms with van der Waals surface area (Å²) in [6.45, 7) is 18.3. The number of hydrogen-bond acceptors (Lipinski definition) is 6. The van der Waals surface area contributed by atoms with Crippen molar-refractivity contribution >= 4 is 11.9 Å². The van der Waals surface area contributed by atoms with E-state index in [2.05, 4.69) is 48.5 Å². The summed E-state index contributed by atoms with van der Waals surface area (Å²) in [4.78, 5) is 44.9. The Kier molecular flexibility index (Phi) is 9.42. The molecule has 0 spiro atoms.